The molecule has 14 nitrogen and oxygen atoms in total. The van der Waals surface area contributed by atoms with Gasteiger partial charge in [0.05, 0.1) is 11.6 Å². The van der Waals surface area contributed by atoms with Crippen LogP contribution in [0.4, 0.5) is 10.5 Å². The number of carbonyl (C=O) groups is 5. The first-order valence-corrected chi connectivity index (χ1v) is 14.0. The number of anilines is 1. The minimum absolute atomic E-state index is 0.304. The second-order valence-corrected chi connectivity index (χ2v) is 10.3. The largest absolute Gasteiger partial charge is 0.464 e. The van der Waals surface area contributed by atoms with Gasteiger partial charge in [-0.25, -0.2) is 4.79 Å². The van der Waals surface area contributed by atoms with Gasteiger partial charge < -0.3 is 43.9 Å². The van der Waals surface area contributed by atoms with Gasteiger partial charge in [-0.1, -0.05) is 18.2 Å². The van der Waals surface area contributed by atoms with E-state index < -0.39 is 60.6 Å². The van der Waals surface area contributed by atoms with Crippen molar-refractivity contribution >= 4 is 46.6 Å². The lowest BCUT2D eigenvalue weighted by Gasteiger charge is -2.44. The lowest BCUT2D eigenvalue weighted by Crippen LogP contribution is -2.63. The smallest absolute Gasteiger partial charge is 0.316 e. The molecule has 2 heterocycles. The summed E-state index contributed by atoms with van der Waals surface area (Å²) < 4.78 is 39.8. The molecule has 5 atom stereocenters. The number of esters is 4. The molecule has 0 unspecified atom stereocenters. The van der Waals surface area contributed by atoms with Crippen LogP contribution >= 0.6 is 0 Å². The molecular formula is C31H34N2O12. The van der Waals surface area contributed by atoms with E-state index in [4.69, 9.17) is 38.6 Å². The first kappa shape index (κ1) is 32.8. The van der Waals surface area contributed by atoms with Gasteiger partial charge in [0, 0.05) is 38.9 Å². The quantitative estimate of drug-likeness (QED) is 0.234. The highest BCUT2D eigenvalue weighted by Gasteiger charge is 2.53. The molecule has 1 aliphatic heterocycles. The van der Waals surface area contributed by atoms with Crippen molar-refractivity contribution in [2.24, 2.45) is 5.73 Å². The number of hydrogen-bond donors (Lipinski definition) is 2. The van der Waals surface area contributed by atoms with Crippen LogP contribution in [0.5, 0.6) is 5.75 Å². The van der Waals surface area contributed by atoms with Crippen LogP contribution in [0.15, 0.2) is 53.1 Å². The lowest BCUT2D eigenvalue weighted by molar-refractivity contribution is -0.288. The zero-order valence-electron chi connectivity index (χ0n) is 25.1. The zero-order chi connectivity index (χ0) is 32.7. The van der Waals surface area contributed by atoms with E-state index in [1.807, 2.05) is 12.1 Å². The normalized spacial score (nSPS) is 20.9. The number of urea groups is 1. The van der Waals surface area contributed by atoms with E-state index in [0.29, 0.717) is 35.2 Å². The van der Waals surface area contributed by atoms with E-state index >= 15 is 0 Å². The monoisotopic (exact) mass is 626 g/mol. The number of benzene rings is 2. The van der Waals surface area contributed by atoms with Crippen LogP contribution in [0.1, 0.15) is 38.8 Å². The Hall–Kier alpha value is -5.11. The van der Waals surface area contributed by atoms with Gasteiger partial charge in [-0.15, -0.1) is 0 Å². The van der Waals surface area contributed by atoms with Crippen LogP contribution in [0, 0.1) is 0 Å². The minimum atomic E-state index is -1.40. The van der Waals surface area contributed by atoms with Crippen molar-refractivity contribution in [3.05, 3.63) is 59.9 Å². The van der Waals surface area contributed by atoms with E-state index in [9.17, 15) is 24.0 Å². The molecule has 2 amide bonds. The van der Waals surface area contributed by atoms with E-state index in [-0.39, 0.29) is 6.61 Å². The fraction of sp³-hybridized carbons (Fsp3) is 0.387. The highest BCUT2D eigenvalue weighted by molar-refractivity contribution is 5.88. The van der Waals surface area contributed by atoms with Crippen molar-refractivity contribution in [1.82, 2.24) is 0 Å². The van der Waals surface area contributed by atoms with Gasteiger partial charge in [-0.3, -0.25) is 19.2 Å². The van der Waals surface area contributed by atoms with Gasteiger partial charge in [-0.05, 0) is 42.7 Å². The molecule has 1 aromatic heterocycles. The number of nitrogens with one attached hydrogen (secondary N) is 1. The maximum atomic E-state index is 12.2. The molecule has 14 heteroatoms. The number of ether oxygens (including phenoxy) is 6. The Bertz CT molecular complexity index is 1550. The SMILES string of the molecule is CC(=O)OC[C@H]1O[C@@H](Oc2cccc3occ(CCc4ccc(NC(N)=O)cc4)c23)[C@H](OC(C)=O)[C@@H](OC(C)=O)[C@@H]1OC(C)=O. The summed E-state index contributed by atoms with van der Waals surface area (Å²) in [7, 11) is 0. The summed E-state index contributed by atoms with van der Waals surface area (Å²) in [5.41, 5.74) is 8.03. The average Bonchev–Trinajstić information content (AvgIpc) is 3.38. The molecule has 45 heavy (non-hydrogen) atoms. The number of primary amides is 1. The minimum Gasteiger partial charge on any atom is -0.464 e. The van der Waals surface area contributed by atoms with Gasteiger partial charge in [0.25, 0.3) is 0 Å². The number of fused-ring (bicyclic) bond motifs is 1. The molecule has 3 aromatic rings. The third-order valence-electron chi connectivity index (χ3n) is 6.73. The van der Waals surface area contributed by atoms with E-state index in [2.05, 4.69) is 5.32 Å². The number of furan rings is 1. The van der Waals surface area contributed by atoms with Gasteiger partial charge in [0.15, 0.2) is 12.2 Å². The summed E-state index contributed by atoms with van der Waals surface area (Å²) in [6, 6.07) is 11.7. The Kier molecular flexibility index (Phi) is 10.6. The standard InChI is InChI=1S/C31H34N2O12/c1-16(34)39-15-25-27(41-17(2)35)28(42-18(3)36)29(43-19(4)37)30(45-25)44-24-7-5-6-23-26(24)21(14-40-23)11-8-20-9-12-22(13-10-20)33-31(32)38/h5-7,9-10,12-14,25,27-30H,8,11,15H2,1-4H3,(H3,32,33,38)/t25-,27-,28+,29-,30-/m1/s1. The van der Waals surface area contributed by atoms with Crippen LogP contribution in [0.25, 0.3) is 11.0 Å². The molecule has 0 bridgehead atoms. The first-order valence-electron chi connectivity index (χ1n) is 14.0. The Morgan fingerprint density at radius 1 is 0.800 bits per heavy atom. The summed E-state index contributed by atoms with van der Waals surface area (Å²) in [5, 5.41) is 3.14. The van der Waals surface area contributed by atoms with Crippen LogP contribution in [-0.2, 0) is 55.7 Å². The second-order valence-electron chi connectivity index (χ2n) is 10.3. The molecular weight excluding hydrogens is 592 g/mol. The molecule has 1 saturated heterocycles. The maximum Gasteiger partial charge on any atom is 0.316 e. The number of carbonyl (C=O) groups excluding carboxylic acids is 5. The number of aryl methyl sites for hydroxylation is 2. The van der Waals surface area contributed by atoms with Crippen molar-refractivity contribution in [1.29, 1.82) is 0 Å². The van der Waals surface area contributed by atoms with Crippen molar-refractivity contribution < 1.29 is 56.8 Å². The fourth-order valence-corrected chi connectivity index (χ4v) is 4.99. The highest BCUT2D eigenvalue weighted by Crippen LogP contribution is 2.36. The Labute approximate surface area is 258 Å². The average molecular weight is 627 g/mol. The lowest BCUT2D eigenvalue weighted by atomic mass is 9.98. The predicted octanol–water partition coefficient (Wildman–Crippen LogP) is 3.17. The Balaban J connectivity index is 1.65. The highest BCUT2D eigenvalue weighted by atomic mass is 16.7. The summed E-state index contributed by atoms with van der Waals surface area (Å²) in [6.07, 6.45) is -3.87. The topological polar surface area (TPSA) is 192 Å². The summed E-state index contributed by atoms with van der Waals surface area (Å²) in [6.45, 7) is 4.25. The second kappa shape index (κ2) is 14.6. The van der Waals surface area contributed by atoms with Crippen LogP contribution in [-0.4, -0.2) is 67.2 Å². The molecule has 0 aliphatic carbocycles. The molecule has 3 N–H and O–H groups in total. The Morgan fingerprint density at radius 2 is 1.44 bits per heavy atom. The summed E-state index contributed by atoms with van der Waals surface area (Å²) >= 11 is 0. The Morgan fingerprint density at radius 3 is 2.07 bits per heavy atom. The number of amides is 2. The zero-order valence-corrected chi connectivity index (χ0v) is 25.1. The first-order chi connectivity index (χ1) is 21.4. The van der Waals surface area contributed by atoms with Crippen LogP contribution in [0.2, 0.25) is 0 Å². The molecule has 0 radical (unpaired) electrons. The van der Waals surface area contributed by atoms with Crippen LogP contribution < -0.4 is 15.8 Å². The van der Waals surface area contributed by atoms with E-state index in [1.54, 1.807) is 36.6 Å². The molecule has 240 valence electrons. The number of nitrogens with two attached hydrogens (primary N) is 1. The molecule has 0 saturated carbocycles. The predicted molar refractivity (Wildman–Crippen MR) is 156 cm³/mol. The number of hydrogen-bond acceptors (Lipinski definition) is 12. The molecule has 4 rings (SSSR count). The fourth-order valence-electron chi connectivity index (χ4n) is 4.99. The van der Waals surface area contributed by atoms with Gasteiger partial charge in [0.1, 0.15) is 24.0 Å². The van der Waals surface area contributed by atoms with Gasteiger partial charge in [-0.2, -0.15) is 0 Å². The maximum absolute atomic E-state index is 12.2. The van der Waals surface area contributed by atoms with Gasteiger partial charge in [0.2, 0.25) is 12.4 Å². The van der Waals surface area contributed by atoms with Crippen molar-refractivity contribution in [2.45, 2.75) is 71.2 Å². The summed E-state index contributed by atoms with van der Waals surface area (Å²) in [4.78, 5) is 59.1. The van der Waals surface area contributed by atoms with E-state index in [1.165, 1.54) is 6.92 Å². The third kappa shape index (κ3) is 8.72. The van der Waals surface area contributed by atoms with Crippen LogP contribution in [0.3, 0.4) is 0 Å². The van der Waals surface area contributed by atoms with Crippen molar-refractivity contribution in [3.63, 3.8) is 0 Å². The summed E-state index contributed by atoms with van der Waals surface area (Å²) in [5.74, 6) is -2.55. The molecule has 0 spiro atoms. The number of rotatable bonds is 11. The van der Waals surface area contributed by atoms with E-state index in [0.717, 1.165) is 31.9 Å². The molecule has 2 aromatic carbocycles. The van der Waals surface area contributed by atoms with Gasteiger partial charge >= 0.3 is 29.9 Å². The van der Waals surface area contributed by atoms with Crippen molar-refractivity contribution in [3.8, 4) is 5.75 Å². The van der Waals surface area contributed by atoms with Crippen molar-refractivity contribution in [2.75, 3.05) is 11.9 Å². The molecule has 1 aliphatic rings. The molecule has 1 fully saturated rings. The third-order valence-corrected chi connectivity index (χ3v) is 6.73.